The van der Waals surface area contributed by atoms with Crippen molar-refractivity contribution in [2.45, 2.75) is 0 Å². The molecule has 0 fully saturated rings. The van der Waals surface area contributed by atoms with Gasteiger partial charge in [-0.05, 0) is 12.1 Å². The van der Waals surface area contributed by atoms with Crippen molar-refractivity contribution in [1.29, 1.82) is 0 Å². The summed E-state index contributed by atoms with van der Waals surface area (Å²) >= 11 is 0. The van der Waals surface area contributed by atoms with E-state index in [2.05, 4.69) is 9.97 Å². The van der Waals surface area contributed by atoms with E-state index in [1.165, 1.54) is 0 Å². The smallest absolute Gasteiger partial charge is 0.152 e. The first-order chi connectivity index (χ1) is 5.92. The molecule has 0 saturated heterocycles. The number of fused-ring (bicyclic) bond motifs is 1. The molecule has 0 spiro atoms. The van der Waals surface area contributed by atoms with Gasteiger partial charge in [-0.1, -0.05) is 6.07 Å². The molecule has 0 aliphatic rings. The van der Waals surface area contributed by atoms with Gasteiger partial charge in [0.1, 0.15) is 0 Å². The summed E-state index contributed by atoms with van der Waals surface area (Å²) in [6, 6.07) is 5.35. The van der Waals surface area contributed by atoms with Gasteiger partial charge < -0.3 is 0 Å². The van der Waals surface area contributed by atoms with Gasteiger partial charge in [0.15, 0.2) is 6.29 Å². The molecule has 2 aromatic rings. The Morgan fingerprint density at radius 2 is 2.00 bits per heavy atom. The van der Waals surface area contributed by atoms with Crippen molar-refractivity contribution in [3.63, 3.8) is 0 Å². The topological polar surface area (TPSA) is 42.9 Å². The molecular formula is C9H6N2O. The van der Waals surface area contributed by atoms with Crippen LogP contribution in [0.5, 0.6) is 0 Å². The average molecular weight is 158 g/mol. The van der Waals surface area contributed by atoms with Crippen molar-refractivity contribution in [2.24, 2.45) is 0 Å². The van der Waals surface area contributed by atoms with Crippen LogP contribution in [0.4, 0.5) is 0 Å². The monoisotopic (exact) mass is 158 g/mol. The molecule has 3 heteroatoms. The standard InChI is InChI=1S/C9H6N2O/c12-6-7-2-1-3-8-9(7)11-5-4-10-8/h1-6H. The van der Waals surface area contributed by atoms with Crippen LogP contribution in [0.1, 0.15) is 10.4 Å². The molecule has 3 nitrogen and oxygen atoms in total. The van der Waals surface area contributed by atoms with E-state index in [0.29, 0.717) is 11.1 Å². The normalized spacial score (nSPS) is 10.0. The third kappa shape index (κ3) is 0.955. The lowest BCUT2D eigenvalue weighted by molar-refractivity contribution is 0.112. The second kappa shape index (κ2) is 2.70. The van der Waals surface area contributed by atoms with Crippen molar-refractivity contribution >= 4 is 17.3 Å². The van der Waals surface area contributed by atoms with E-state index in [9.17, 15) is 4.79 Å². The summed E-state index contributed by atoms with van der Waals surface area (Å²) in [5.74, 6) is 0. The van der Waals surface area contributed by atoms with E-state index in [-0.39, 0.29) is 0 Å². The summed E-state index contributed by atoms with van der Waals surface area (Å²) < 4.78 is 0. The van der Waals surface area contributed by atoms with Gasteiger partial charge in [0.2, 0.25) is 0 Å². The van der Waals surface area contributed by atoms with E-state index in [1.54, 1.807) is 24.5 Å². The maximum absolute atomic E-state index is 10.6. The molecule has 1 aromatic carbocycles. The molecule has 0 bridgehead atoms. The predicted molar refractivity (Wildman–Crippen MR) is 44.9 cm³/mol. The zero-order valence-electron chi connectivity index (χ0n) is 6.27. The summed E-state index contributed by atoms with van der Waals surface area (Å²) in [5, 5.41) is 0. The average Bonchev–Trinajstić information content (AvgIpc) is 2.17. The van der Waals surface area contributed by atoms with Crippen molar-refractivity contribution in [3.05, 3.63) is 36.2 Å². The van der Waals surface area contributed by atoms with E-state index < -0.39 is 0 Å². The van der Waals surface area contributed by atoms with Crippen LogP contribution in [-0.4, -0.2) is 16.3 Å². The molecule has 0 N–H and O–H groups in total. The van der Waals surface area contributed by atoms with E-state index in [0.717, 1.165) is 11.8 Å². The highest BCUT2D eigenvalue weighted by Crippen LogP contribution is 2.10. The number of rotatable bonds is 1. The molecule has 2 rings (SSSR count). The molecule has 0 unspecified atom stereocenters. The lowest BCUT2D eigenvalue weighted by atomic mass is 10.2. The van der Waals surface area contributed by atoms with Gasteiger partial charge in [-0.3, -0.25) is 14.8 Å². The van der Waals surface area contributed by atoms with Crippen LogP contribution in [0.3, 0.4) is 0 Å². The lowest BCUT2D eigenvalue weighted by Gasteiger charge is -1.96. The van der Waals surface area contributed by atoms with Crippen molar-refractivity contribution in [1.82, 2.24) is 9.97 Å². The van der Waals surface area contributed by atoms with Crippen LogP contribution in [0.15, 0.2) is 30.6 Å². The number of aromatic nitrogens is 2. The molecule has 0 aliphatic carbocycles. The molecule has 0 radical (unpaired) electrons. The number of aldehydes is 1. The Bertz CT molecular complexity index is 420. The highest BCUT2D eigenvalue weighted by Gasteiger charge is 1.99. The van der Waals surface area contributed by atoms with Crippen LogP contribution in [0, 0.1) is 0 Å². The Balaban J connectivity index is 2.88. The second-order valence-electron chi connectivity index (χ2n) is 2.39. The zero-order valence-corrected chi connectivity index (χ0v) is 6.27. The maximum Gasteiger partial charge on any atom is 0.152 e. The molecule has 58 valence electrons. The number of para-hydroxylation sites is 1. The SMILES string of the molecule is O=Cc1cccc2nccnc12. The van der Waals surface area contributed by atoms with Gasteiger partial charge in [0.25, 0.3) is 0 Å². The Labute approximate surface area is 69.1 Å². The quantitative estimate of drug-likeness (QED) is 0.590. The number of benzene rings is 1. The fraction of sp³-hybridized carbons (Fsp3) is 0. The summed E-state index contributed by atoms with van der Waals surface area (Å²) in [4.78, 5) is 18.7. The first kappa shape index (κ1) is 6.91. The van der Waals surface area contributed by atoms with Gasteiger partial charge in [-0.25, -0.2) is 0 Å². The third-order valence-corrected chi connectivity index (χ3v) is 1.66. The first-order valence-corrected chi connectivity index (χ1v) is 3.57. The van der Waals surface area contributed by atoms with E-state index in [4.69, 9.17) is 0 Å². The summed E-state index contributed by atoms with van der Waals surface area (Å²) in [6.07, 6.45) is 3.98. The Morgan fingerprint density at radius 1 is 1.17 bits per heavy atom. The zero-order chi connectivity index (χ0) is 8.39. The number of hydrogen-bond donors (Lipinski definition) is 0. The number of nitrogens with zero attached hydrogens (tertiary/aromatic N) is 2. The van der Waals surface area contributed by atoms with E-state index in [1.807, 2.05) is 6.07 Å². The molecule has 0 amide bonds. The van der Waals surface area contributed by atoms with Crippen LogP contribution >= 0.6 is 0 Å². The molecule has 12 heavy (non-hydrogen) atoms. The largest absolute Gasteiger partial charge is 0.298 e. The second-order valence-corrected chi connectivity index (χ2v) is 2.39. The first-order valence-electron chi connectivity index (χ1n) is 3.57. The van der Waals surface area contributed by atoms with Crippen LogP contribution < -0.4 is 0 Å². The lowest BCUT2D eigenvalue weighted by Crippen LogP contribution is -1.87. The molecular weight excluding hydrogens is 152 g/mol. The minimum absolute atomic E-state index is 0.584. The summed E-state index contributed by atoms with van der Waals surface area (Å²) in [5.41, 5.74) is 2.00. The molecule has 0 saturated carbocycles. The van der Waals surface area contributed by atoms with E-state index >= 15 is 0 Å². The van der Waals surface area contributed by atoms with Gasteiger partial charge in [-0.2, -0.15) is 0 Å². The Morgan fingerprint density at radius 3 is 2.83 bits per heavy atom. The fourth-order valence-corrected chi connectivity index (χ4v) is 1.11. The van der Waals surface area contributed by atoms with Crippen LogP contribution in [-0.2, 0) is 0 Å². The molecule has 0 atom stereocenters. The highest BCUT2D eigenvalue weighted by atomic mass is 16.1. The summed E-state index contributed by atoms with van der Waals surface area (Å²) in [7, 11) is 0. The Hall–Kier alpha value is -1.77. The number of carbonyl (C=O) groups is 1. The van der Waals surface area contributed by atoms with Gasteiger partial charge in [0, 0.05) is 18.0 Å². The molecule has 1 aromatic heterocycles. The molecule has 0 aliphatic heterocycles. The van der Waals surface area contributed by atoms with Crippen LogP contribution in [0.25, 0.3) is 11.0 Å². The van der Waals surface area contributed by atoms with Crippen molar-refractivity contribution in [2.75, 3.05) is 0 Å². The van der Waals surface area contributed by atoms with Gasteiger partial charge >= 0.3 is 0 Å². The highest BCUT2D eigenvalue weighted by molar-refractivity contribution is 5.93. The summed E-state index contributed by atoms with van der Waals surface area (Å²) in [6.45, 7) is 0. The minimum atomic E-state index is 0.584. The fourth-order valence-electron chi connectivity index (χ4n) is 1.11. The molecule has 1 heterocycles. The third-order valence-electron chi connectivity index (χ3n) is 1.66. The van der Waals surface area contributed by atoms with Crippen molar-refractivity contribution < 1.29 is 4.79 Å². The predicted octanol–water partition coefficient (Wildman–Crippen LogP) is 1.44. The van der Waals surface area contributed by atoms with Crippen LogP contribution in [0.2, 0.25) is 0 Å². The van der Waals surface area contributed by atoms with Crippen molar-refractivity contribution in [3.8, 4) is 0 Å². The van der Waals surface area contributed by atoms with Gasteiger partial charge in [0.05, 0.1) is 11.0 Å². The van der Waals surface area contributed by atoms with Gasteiger partial charge in [-0.15, -0.1) is 0 Å². The minimum Gasteiger partial charge on any atom is -0.298 e. The number of carbonyl (C=O) groups excluding carboxylic acids is 1. The maximum atomic E-state index is 10.6. The Kier molecular flexibility index (Phi) is 1.55. The number of hydrogen-bond acceptors (Lipinski definition) is 3.